The lowest BCUT2D eigenvalue weighted by Gasteiger charge is -2.32. The first-order chi connectivity index (χ1) is 12.1. The maximum Gasteiger partial charge on any atom is 0.101 e. The van der Waals surface area contributed by atoms with E-state index in [1.807, 2.05) is 0 Å². The van der Waals surface area contributed by atoms with Gasteiger partial charge in [-0.05, 0) is 26.4 Å². The van der Waals surface area contributed by atoms with Gasteiger partial charge in [-0.25, -0.2) is 0 Å². The predicted molar refractivity (Wildman–Crippen MR) is 105 cm³/mol. The second-order valence-electron chi connectivity index (χ2n) is 7.86. The van der Waals surface area contributed by atoms with Gasteiger partial charge < -0.3 is 14.9 Å². The van der Waals surface area contributed by atoms with Crippen molar-refractivity contribution in [3.8, 4) is 0 Å². The predicted octanol–water partition coefficient (Wildman–Crippen LogP) is 4.13. The Balaban J connectivity index is 2.29. The average Bonchev–Trinajstić information content (AvgIpc) is 2.87. The lowest BCUT2D eigenvalue weighted by atomic mass is 10.1. The van der Waals surface area contributed by atoms with Crippen molar-refractivity contribution >= 4 is 0 Å². The van der Waals surface area contributed by atoms with Crippen molar-refractivity contribution in [3.05, 3.63) is 0 Å². The molecule has 4 heteroatoms. The highest BCUT2D eigenvalue weighted by molar-refractivity contribution is 4.98. The first kappa shape index (κ1) is 22.9. The van der Waals surface area contributed by atoms with Crippen molar-refractivity contribution in [2.45, 2.75) is 115 Å². The fourth-order valence-corrected chi connectivity index (χ4v) is 3.94. The molecule has 25 heavy (non-hydrogen) atoms. The summed E-state index contributed by atoms with van der Waals surface area (Å²) in [6.45, 7) is 6.13. The zero-order chi connectivity index (χ0) is 18.5. The van der Waals surface area contributed by atoms with Crippen molar-refractivity contribution in [2.24, 2.45) is 0 Å². The van der Waals surface area contributed by atoms with Gasteiger partial charge in [-0.1, -0.05) is 71.6 Å². The zero-order valence-corrected chi connectivity index (χ0v) is 17.0. The molecule has 1 fully saturated rings. The Hall–Kier alpha value is -0.160. The monoisotopic (exact) mass is 357 g/mol. The minimum Gasteiger partial charge on any atom is -0.391 e. The highest BCUT2D eigenvalue weighted by Crippen LogP contribution is 2.28. The van der Waals surface area contributed by atoms with Crippen LogP contribution in [0.15, 0.2) is 0 Å². The number of aliphatic hydroxyl groups is 2. The molecule has 0 aromatic heterocycles. The molecule has 0 aromatic carbocycles. The summed E-state index contributed by atoms with van der Waals surface area (Å²) in [6, 6.07) is -0.0683. The van der Waals surface area contributed by atoms with E-state index in [0.717, 1.165) is 19.4 Å². The summed E-state index contributed by atoms with van der Waals surface area (Å²) in [4.78, 5) is 2.21. The zero-order valence-electron chi connectivity index (χ0n) is 17.0. The normalized spacial score (nSPS) is 26.6. The van der Waals surface area contributed by atoms with E-state index in [1.54, 1.807) is 0 Å². The van der Waals surface area contributed by atoms with Crippen LogP contribution in [0, 0.1) is 0 Å². The number of ether oxygens (including phenoxy) is 1. The number of hydrogen-bond donors (Lipinski definition) is 2. The Morgan fingerprint density at radius 2 is 1.36 bits per heavy atom. The summed E-state index contributed by atoms with van der Waals surface area (Å²) in [5, 5.41) is 20.6. The Morgan fingerprint density at radius 1 is 0.800 bits per heavy atom. The molecule has 2 N–H and O–H groups in total. The lowest BCUT2D eigenvalue weighted by molar-refractivity contribution is -0.0589. The number of likely N-dealkylation sites (N-methyl/N-ethyl adjacent to an activating group) is 1. The van der Waals surface area contributed by atoms with Gasteiger partial charge in [0.2, 0.25) is 0 Å². The van der Waals surface area contributed by atoms with Crippen LogP contribution in [0.4, 0.5) is 0 Å². The molecule has 1 saturated carbocycles. The molecule has 1 aliphatic rings. The van der Waals surface area contributed by atoms with Crippen LogP contribution in [0.25, 0.3) is 0 Å². The van der Waals surface area contributed by atoms with Crippen LogP contribution in [-0.2, 0) is 4.74 Å². The van der Waals surface area contributed by atoms with Crippen molar-refractivity contribution in [3.63, 3.8) is 0 Å². The average molecular weight is 358 g/mol. The number of nitrogens with zero attached hydrogens (tertiary/aromatic N) is 1. The van der Waals surface area contributed by atoms with E-state index in [4.69, 9.17) is 4.74 Å². The molecule has 0 aliphatic heterocycles. The molecular formula is C21H43NO3. The summed E-state index contributed by atoms with van der Waals surface area (Å²) in [7, 11) is 2.06. The summed E-state index contributed by atoms with van der Waals surface area (Å²) >= 11 is 0. The van der Waals surface area contributed by atoms with Gasteiger partial charge in [-0.3, -0.25) is 4.90 Å². The summed E-state index contributed by atoms with van der Waals surface area (Å²) in [5.41, 5.74) is 0. The Kier molecular flexibility index (Phi) is 12.8. The van der Waals surface area contributed by atoms with Crippen LogP contribution in [0.1, 0.15) is 90.9 Å². The largest absolute Gasteiger partial charge is 0.391 e. The van der Waals surface area contributed by atoms with Crippen molar-refractivity contribution in [2.75, 3.05) is 20.2 Å². The topological polar surface area (TPSA) is 52.9 Å². The standard InChI is InChI=1S/C21H43NO3/c1-4-6-8-10-12-14-16-25-21-19(24)17-18(23)20(21)22(3)15-13-11-9-7-5-2/h18-21,23-24H,4-17H2,1-3H3/t18-,19+,20+,21+/m1/s1. The van der Waals surface area contributed by atoms with Gasteiger partial charge in [0.25, 0.3) is 0 Å². The molecule has 4 atom stereocenters. The molecule has 1 rings (SSSR count). The van der Waals surface area contributed by atoms with Crippen LogP contribution >= 0.6 is 0 Å². The van der Waals surface area contributed by atoms with E-state index >= 15 is 0 Å². The third-order valence-electron chi connectivity index (χ3n) is 5.52. The molecule has 0 aromatic rings. The van der Waals surface area contributed by atoms with Gasteiger partial charge >= 0.3 is 0 Å². The fourth-order valence-electron chi connectivity index (χ4n) is 3.94. The van der Waals surface area contributed by atoms with Gasteiger partial charge in [0.1, 0.15) is 6.10 Å². The molecule has 0 unspecified atom stereocenters. The van der Waals surface area contributed by atoms with Crippen LogP contribution in [0.2, 0.25) is 0 Å². The first-order valence-corrected chi connectivity index (χ1v) is 10.8. The highest BCUT2D eigenvalue weighted by Gasteiger charge is 2.44. The Morgan fingerprint density at radius 3 is 2.00 bits per heavy atom. The van der Waals surface area contributed by atoms with Gasteiger partial charge in [0, 0.05) is 13.0 Å². The summed E-state index contributed by atoms with van der Waals surface area (Å²) in [6.07, 6.45) is 12.8. The van der Waals surface area contributed by atoms with E-state index in [-0.39, 0.29) is 12.1 Å². The first-order valence-electron chi connectivity index (χ1n) is 10.8. The molecule has 0 saturated heterocycles. The van der Waals surface area contributed by atoms with Gasteiger partial charge in [-0.15, -0.1) is 0 Å². The summed E-state index contributed by atoms with van der Waals surface area (Å²) in [5.74, 6) is 0. The number of rotatable bonds is 15. The smallest absolute Gasteiger partial charge is 0.101 e. The molecule has 0 heterocycles. The van der Waals surface area contributed by atoms with Gasteiger partial charge in [0.05, 0.1) is 18.2 Å². The lowest BCUT2D eigenvalue weighted by Crippen LogP contribution is -2.47. The third-order valence-corrected chi connectivity index (χ3v) is 5.52. The van der Waals surface area contributed by atoms with Crippen LogP contribution in [-0.4, -0.2) is 59.7 Å². The van der Waals surface area contributed by atoms with Crippen molar-refractivity contribution in [1.29, 1.82) is 0 Å². The quantitative estimate of drug-likeness (QED) is 0.433. The second kappa shape index (κ2) is 14.0. The molecule has 0 bridgehead atoms. The van der Waals surface area contributed by atoms with Gasteiger partial charge in [0.15, 0.2) is 0 Å². The SMILES string of the molecule is CCCCCCCCO[C@@H]1[C@@H](N(C)CCCCCCC)[C@H](O)C[C@@H]1O. The molecule has 1 aliphatic carbocycles. The fraction of sp³-hybridized carbons (Fsp3) is 1.00. The molecular weight excluding hydrogens is 314 g/mol. The van der Waals surface area contributed by atoms with E-state index in [0.29, 0.717) is 13.0 Å². The Bertz CT molecular complexity index is 314. The molecule has 0 radical (unpaired) electrons. The molecule has 0 amide bonds. The van der Waals surface area contributed by atoms with Crippen molar-refractivity contribution < 1.29 is 14.9 Å². The van der Waals surface area contributed by atoms with E-state index < -0.39 is 12.2 Å². The molecule has 150 valence electrons. The van der Waals surface area contributed by atoms with Crippen LogP contribution < -0.4 is 0 Å². The summed E-state index contributed by atoms with van der Waals surface area (Å²) < 4.78 is 6.02. The minimum absolute atomic E-state index is 0.0683. The molecule has 4 nitrogen and oxygen atoms in total. The highest BCUT2D eigenvalue weighted by atomic mass is 16.5. The maximum atomic E-state index is 10.4. The van der Waals surface area contributed by atoms with Crippen LogP contribution in [0.3, 0.4) is 0 Å². The number of unbranched alkanes of at least 4 members (excludes halogenated alkanes) is 9. The number of aliphatic hydroxyl groups excluding tert-OH is 2. The van der Waals surface area contributed by atoms with Crippen molar-refractivity contribution in [1.82, 2.24) is 4.90 Å². The Labute approximate surface area is 155 Å². The van der Waals surface area contributed by atoms with E-state index in [1.165, 1.54) is 57.8 Å². The minimum atomic E-state index is -0.539. The van der Waals surface area contributed by atoms with E-state index in [9.17, 15) is 10.2 Å². The maximum absolute atomic E-state index is 10.4. The number of hydrogen-bond acceptors (Lipinski definition) is 4. The van der Waals surface area contributed by atoms with Gasteiger partial charge in [-0.2, -0.15) is 0 Å². The molecule has 0 spiro atoms. The third kappa shape index (κ3) is 8.85. The van der Waals surface area contributed by atoms with Crippen LogP contribution in [0.5, 0.6) is 0 Å². The van der Waals surface area contributed by atoms with E-state index in [2.05, 4.69) is 25.8 Å². The second-order valence-corrected chi connectivity index (χ2v) is 7.86.